The van der Waals surface area contributed by atoms with E-state index in [1.54, 1.807) is 7.11 Å². The summed E-state index contributed by atoms with van der Waals surface area (Å²) in [6.45, 7) is 9.84. The monoisotopic (exact) mass is 299 g/mol. The van der Waals surface area contributed by atoms with Crippen LogP contribution in [-0.2, 0) is 9.47 Å². The van der Waals surface area contributed by atoms with E-state index in [2.05, 4.69) is 24.1 Å². The fraction of sp³-hybridized carbons (Fsp3) is 0.938. The van der Waals surface area contributed by atoms with Crippen LogP contribution in [0.4, 0.5) is 0 Å². The van der Waals surface area contributed by atoms with Gasteiger partial charge < -0.3 is 19.7 Å². The Kier molecular flexibility index (Phi) is 10.3. The first-order chi connectivity index (χ1) is 10.3. The summed E-state index contributed by atoms with van der Waals surface area (Å²) >= 11 is 0. The Morgan fingerprint density at radius 3 is 2.57 bits per heavy atom. The highest BCUT2D eigenvalue weighted by atomic mass is 16.5. The molecule has 0 radical (unpaired) electrons. The Hall–Kier alpha value is -0.810. The number of piperidine rings is 1. The molecule has 1 aliphatic rings. The van der Waals surface area contributed by atoms with Crippen molar-refractivity contribution in [3.8, 4) is 0 Å². The molecule has 0 saturated carbocycles. The molecule has 1 saturated heterocycles. The molecule has 1 N–H and O–H groups in total. The van der Waals surface area contributed by atoms with Crippen molar-refractivity contribution in [2.75, 3.05) is 46.5 Å². The standard InChI is InChI=1S/C16H33N3O2/c1-4-6-10-18-16(17-5-2)19-11-8-15(9-12-19)21-14-7-13-20-3/h15H,4-14H2,1-3H3,(H,17,18). The fourth-order valence-electron chi connectivity index (χ4n) is 2.46. The van der Waals surface area contributed by atoms with Crippen molar-refractivity contribution >= 4 is 5.96 Å². The summed E-state index contributed by atoms with van der Waals surface area (Å²) in [5.74, 6) is 1.07. The fourth-order valence-corrected chi connectivity index (χ4v) is 2.46. The third-order valence-electron chi connectivity index (χ3n) is 3.70. The summed E-state index contributed by atoms with van der Waals surface area (Å²) < 4.78 is 10.9. The second kappa shape index (κ2) is 11.8. The van der Waals surface area contributed by atoms with E-state index in [4.69, 9.17) is 14.5 Å². The number of rotatable bonds is 9. The number of aliphatic imine (C=N–C) groups is 1. The number of guanidine groups is 1. The minimum Gasteiger partial charge on any atom is -0.385 e. The number of unbranched alkanes of at least 4 members (excludes halogenated alkanes) is 1. The molecular weight excluding hydrogens is 266 g/mol. The highest BCUT2D eigenvalue weighted by Gasteiger charge is 2.21. The largest absolute Gasteiger partial charge is 0.385 e. The summed E-state index contributed by atoms with van der Waals surface area (Å²) in [4.78, 5) is 7.08. The summed E-state index contributed by atoms with van der Waals surface area (Å²) in [7, 11) is 1.73. The first kappa shape index (κ1) is 18.2. The lowest BCUT2D eigenvalue weighted by Gasteiger charge is -2.34. The van der Waals surface area contributed by atoms with Crippen LogP contribution in [0.1, 0.15) is 46.0 Å². The molecule has 5 nitrogen and oxygen atoms in total. The van der Waals surface area contributed by atoms with E-state index < -0.39 is 0 Å². The number of ether oxygens (including phenoxy) is 2. The van der Waals surface area contributed by atoms with E-state index in [0.717, 1.165) is 71.0 Å². The minimum absolute atomic E-state index is 0.400. The van der Waals surface area contributed by atoms with Gasteiger partial charge in [0.1, 0.15) is 0 Å². The molecule has 0 spiro atoms. The van der Waals surface area contributed by atoms with Crippen LogP contribution in [0.2, 0.25) is 0 Å². The zero-order valence-electron chi connectivity index (χ0n) is 14.1. The molecular formula is C16H33N3O2. The number of methoxy groups -OCH3 is 1. The summed E-state index contributed by atoms with van der Waals surface area (Å²) in [6.07, 6.45) is 5.92. The molecule has 0 aromatic heterocycles. The molecule has 0 aliphatic carbocycles. The smallest absolute Gasteiger partial charge is 0.193 e. The van der Waals surface area contributed by atoms with Crippen molar-refractivity contribution in [3.63, 3.8) is 0 Å². The Morgan fingerprint density at radius 2 is 1.95 bits per heavy atom. The third-order valence-corrected chi connectivity index (χ3v) is 3.70. The second-order valence-corrected chi connectivity index (χ2v) is 5.49. The molecule has 1 fully saturated rings. The molecule has 1 heterocycles. The number of nitrogens with one attached hydrogen (secondary N) is 1. The van der Waals surface area contributed by atoms with Crippen LogP contribution in [0.3, 0.4) is 0 Å². The van der Waals surface area contributed by atoms with Crippen molar-refractivity contribution in [3.05, 3.63) is 0 Å². The highest BCUT2D eigenvalue weighted by Crippen LogP contribution is 2.14. The number of nitrogens with zero attached hydrogens (tertiary/aromatic N) is 2. The molecule has 0 unspecified atom stereocenters. The van der Waals surface area contributed by atoms with Crippen LogP contribution < -0.4 is 5.32 Å². The predicted molar refractivity (Wildman–Crippen MR) is 87.9 cm³/mol. The zero-order valence-corrected chi connectivity index (χ0v) is 14.1. The first-order valence-corrected chi connectivity index (χ1v) is 8.45. The molecule has 1 aliphatic heterocycles. The Bertz CT molecular complexity index is 277. The molecule has 0 amide bonds. The van der Waals surface area contributed by atoms with Gasteiger partial charge in [-0.25, -0.2) is 0 Å². The SMILES string of the molecule is CCCCN=C(NCC)N1CCC(OCCCOC)CC1. The van der Waals surface area contributed by atoms with Gasteiger partial charge in [0.15, 0.2) is 5.96 Å². The number of hydrogen-bond acceptors (Lipinski definition) is 3. The zero-order chi connectivity index (χ0) is 15.3. The van der Waals surface area contributed by atoms with E-state index >= 15 is 0 Å². The maximum absolute atomic E-state index is 5.90. The summed E-state index contributed by atoms with van der Waals surface area (Å²) in [5, 5.41) is 3.40. The van der Waals surface area contributed by atoms with E-state index in [1.165, 1.54) is 6.42 Å². The van der Waals surface area contributed by atoms with Gasteiger partial charge in [-0.1, -0.05) is 13.3 Å². The van der Waals surface area contributed by atoms with Gasteiger partial charge in [-0.2, -0.15) is 0 Å². The Labute approximate surface area is 130 Å². The quantitative estimate of drug-likeness (QED) is 0.403. The van der Waals surface area contributed by atoms with Gasteiger partial charge in [0.05, 0.1) is 6.10 Å². The van der Waals surface area contributed by atoms with Crippen molar-refractivity contribution in [1.82, 2.24) is 10.2 Å². The van der Waals surface area contributed by atoms with Crippen molar-refractivity contribution in [2.45, 2.75) is 52.1 Å². The van der Waals surface area contributed by atoms with Gasteiger partial charge in [0.25, 0.3) is 0 Å². The lowest BCUT2D eigenvalue weighted by atomic mass is 10.1. The highest BCUT2D eigenvalue weighted by molar-refractivity contribution is 5.80. The van der Waals surface area contributed by atoms with Gasteiger partial charge in [0.2, 0.25) is 0 Å². The molecule has 5 heteroatoms. The van der Waals surface area contributed by atoms with E-state index in [1.807, 2.05) is 0 Å². The Morgan fingerprint density at radius 1 is 1.19 bits per heavy atom. The molecule has 21 heavy (non-hydrogen) atoms. The molecule has 0 atom stereocenters. The van der Waals surface area contributed by atoms with Crippen LogP contribution in [0.15, 0.2) is 4.99 Å². The summed E-state index contributed by atoms with van der Waals surface area (Å²) in [5.41, 5.74) is 0. The normalized spacial score (nSPS) is 17.3. The van der Waals surface area contributed by atoms with Gasteiger partial charge in [-0.05, 0) is 32.6 Å². The van der Waals surface area contributed by atoms with Crippen LogP contribution >= 0.6 is 0 Å². The van der Waals surface area contributed by atoms with Gasteiger partial charge in [-0.3, -0.25) is 4.99 Å². The molecule has 124 valence electrons. The second-order valence-electron chi connectivity index (χ2n) is 5.49. The first-order valence-electron chi connectivity index (χ1n) is 8.45. The molecule has 1 rings (SSSR count). The number of likely N-dealkylation sites (tertiary alicyclic amines) is 1. The summed E-state index contributed by atoms with van der Waals surface area (Å²) in [6, 6.07) is 0. The van der Waals surface area contributed by atoms with Crippen molar-refractivity contribution in [2.24, 2.45) is 4.99 Å². The average Bonchev–Trinajstić information content (AvgIpc) is 2.52. The van der Waals surface area contributed by atoms with E-state index in [0.29, 0.717) is 6.10 Å². The average molecular weight is 299 g/mol. The lowest BCUT2D eigenvalue weighted by molar-refractivity contribution is 0.00990. The lowest BCUT2D eigenvalue weighted by Crippen LogP contribution is -2.47. The van der Waals surface area contributed by atoms with Gasteiger partial charge >= 0.3 is 0 Å². The van der Waals surface area contributed by atoms with Crippen LogP contribution in [0.25, 0.3) is 0 Å². The van der Waals surface area contributed by atoms with Crippen LogP contribution in [-0.4, -0.2) is 63.5 Å². The molecule has 0 aromatic rings. The van der Waals surface area contributed by atoms with Gasteiger partial charge in [-0.15, -0.1) is 0 Å². The predicted octanol–water partition coefficient (Wildman–Crippen LogP) is 2.27. The Balaban J connectivity index is 2.29. The maximum Gasteiger partial charge on any atom is 0.193 e. The van der Waals surface area contributed by atoms with E-state index in [-0.39, 0.29) is 0 Å². The minimum atomic E-state index is 0.400. The molecule has 0 aromatic carbocycles. The third kappa shape index (κ3) is 7.67. The van der Waals surface area contributed by atoms with Crippen molar-refractivity contribution in [1.29, 1.82) is 0 Å². The van der Waals surface area contributed by atoms with Crippen molar-refractivity contribution < 1.29 is 9.47 Å². The maximum atomic E-state index is 5.90. The van der Waals surface area contributed by atoms with E-state index in [9.17, 15) is 0 Å². The topological polar surface area (TPSA) is 46.1 Å². The number of hydrogen-bond donors (Lipinski definition) is 1. The van der Waals surface area contributed by atoms with Crippen LogP contribution in [0.5, 0.6) is 0 Å². The van der Waals surface area contributed by atoms with Crippen LogP contribution in [0, 0.1) is 0 Å². The van der Waals surface area contributed by atoms with Gasteiger partial charge in [0, 0.05) is 46.5 Å². The molecule has 0 bridgehead atoms.